The molecule has 5 nitrogen and oxygen atoms in total. The highest BCUT2D eigenvalue weighted by Gasteiger charge is 2.67. The summed E-state index contributed by atoms with van der Waals surface area (Å²) in [7, 11) is 0. The zero-order chi connectivity index (χ0) is 13.1. The average molecular weight is 255 g/mol. The third-order valence-corrected chi connectivity index (χ3v) is 4.27. The molecule has 3 fully saturated rings. The van der Waals surface area contributed by atoms with Crippen molar-refractivity contribution in [2.75, 3.05) is 6.61 Å². The van der Waals surface area contributed by atoms with Crippen LogP contribution in [0.3, 0.4) is 0 Å². The first-order valence-electron chi connectivity index (χ1n) is 6.34. The maximum Gasteiger partial charge on any atom is 0.137 e. The van der Waals surface area contributed by atoms with E-state index in [1.54, 1.807) is 16.9 Å². The van der Waals surface area contributed by atoms with Gasteiger partial charge in [0.25, 0.3) is 0 Å². The van der Waals surface area contributed by atoms with Gasteiger partial charge in [0.2, 0.25) is 0 Å². The molecule has 3 saturated carbocycles. The second-order valence-electron chi connectivity index (χ2n) is 5.91. The van der Waals surface area contributed by atoms with Crippen molar-refractivity contribution in [2.24, 2.45) is 5.41 Å². The summed E-state index contributed by atoms with van der Waals surface area (Å²) >= 11 is 0. The summed E-state index contributed by atoms with van der Waals surface area (Å²) in [6.45, 7) is 0.646. The maximum absolute atomic E-state index is 9.71. The predicted octanol–water partition coefficient (Wildman–Crippen LogP) is 1.50. The normalized spacial score (nSPS) is 31.4. The first-order chi connectivity index (χ1) is 9.11. The zero-order valence-electron chi connectivity index (χ0n) is 10.3. The standard InChI is InChI=1S/C14H13N3O2/c15-3-10-4-16-17-5-11(1-2-12(10)17)19-9-13-6-14(18,7-13)8-13/h1-2,4-5,18H,6-9H2. The van der Waals surface area contributed by atoms with E-state index in [0.717, 1.165) is 30.5 Å². The number of aromatic nitrogens is 2. The molecule has 3 aliphatic carbocycles. The summed E-state index contributed by atoms with van der Waals surface area (Å²) < 4.78 is 7.45. The summed E-state index contributed by atoms with van der Waals surface area (Å²) in [6, 6.07) is 5.81. The van der Waals surface area contributed by atoms with Crippen molar-refractivity contribution in [3.8, 4) is 11.8 Å². The van der Waals surface area contributed by atoms with Crippen molar-refractivity contribution < 1.29 is 9.84 Å². The molecule has 0 aromatic carbocycles. The molecule has 2 heterocycles. The zero-order valence-corrected chi connectivity index (χ0v) is 10.3. The molecule has 0 amide bonds. The summed E-state index contributed by atoms with van der Waals surface area (Å²) in [6.07, 6.45) is 5.93. The monoisotopic (exact) mass is 255 g/mol. The number of pyridine rings is 1. The van der Waals surface area contributed by atoms with Crippen LogP contribution in [0.4, 0.5) is 0 Å². The van der Waals surface area contributed by atoms with Crippen LogP contribution < -0.4 is 4.74 Å². The number of aliphatic hydroxyl groups is 1. The van der Waals surface area contributed by atoms with Gasteiger partial charge in [0.15, 0.2) is 0 Å². The van der Waals surface area contributed by atoms with E-state index < -0.39 is 0 Å². The van der Waals surface area contributed by atoms with Crippen LogP contribution >= 0.6 is 0 Å². The van der Waals surface area contributed by atoms with E-state index in [1.807, 2.05) is 12.1 Å². The molecule has 1 N–H and O–H groups in total. The van der Waals surface area contributed by atoms with Gasteiger partial charge in [-0.25, -0.2) is 4.52 Å². The Balaban J connectivity index is 1.51. The van der Waals surface area contributed by atoms with Crippen molar-refractivity contribution in [2.45, 2.75) is 24.9 Å². The highest BCUT2D eigenvalue weighted by molar-refractivity contribution is 5.60. The molecule has 19 heavy (non-hydrogen) atoms. The summed E-state index contributed by atoms with van der Waals surface area (Å²) in [5.41, 5.74) is 1.17. The number of fused-ring (bicyclic) bond motifs is 1. The molecule has 0 aliphatic heterocycles. The van der Waals surface area contributed by atoms with Crippen LogP contribution in [-0.2, 0) is 0 Å². The summed E-state index contributed by atoms with van der Waals surface area (Å²) in [4.78, 5) is 0. The van der Waals surface area contributed by atoms with Gasteiger partial charge in [-0.2, -0.15) is 10.4 Å². The minimum atomic E-state index is -0.378. The first kappa shape index (κ1) is 10.8. The van der Waals surface area contributed by atoms with Crippen LogP contribution in [0.25, 0.3) is 5.52 Å². The lowest BCUT2D eigenvalue weighted by atomic mass is 9.41. The van der Waals surface area contributed by atoms with Crippen LogP contribution in [0.5, 0.6) is 5.75 Å². The minimum Gasteiger partial charge on any atom is -0.491 e. The number of hydrogen-bond acceptors (Lipinski definition) is 4. The van der Waals surface area contributed by atoms with Gasteiger partial charge >= 0.3 is 0 Å². The second kappa shape index (κ2) is 3.28. The lowest BCUT2D eigenvalue weighted by Gasteiger charge is -2.67. The molecule has 2 aromatic rings. The van der Waals surface area contributed by atoms with E-state index in [-0.39, 0.29) is 11.0 Å². The smallest absolute Gasteiger partial charge is 0.137 e. The van der Waals surface area contributed by atoms with E-state index >= 15 is 0 Å². The average Bonchev–Trinajstić information content (AvgIpc) is 2.74. The largest absolute Gasteiger partial charge is 0.491 e. The maximum atomic E-state index is 9.71. The van der Waals surface area contributed by atoms with Crippen molar-refractivity contribution in [1.29, 1.82) is 5.26 Å². The number of hydrogen-bond donors (Lipinski definition) is 1. The van der Waals surface area contributed by atoms with Gasteiger partial charge < -0.3 is 9.84 Å². The van der Waals surface area contributed by atoms with E-state index in [2.05, 4.69) is 11.2 Å². The van der Waals surface area contributed by atoms with Gasteiger partial charge in [0.05, 0.1) is 35.7 Å². The molecule has 3 aliphatic rings. The Bertz CT molecular complexity index is 693. The van der Waals surface area contributed by atoms with Crippen LogP contribution in [0.1, 0.15) is 24.8 Å². The Morgan fingerprint density at radius 1 is 1.42 bits per heavy atom. The molecule has 0 atom stereocenters. The molecule has 0 unspecified atom stereocenters. The topological polar surface area (TPSA) is 70.6 Å². The second-order valence-corrected chi connectivity index (χ2v) is 5.91. The minimum absolute atomic E-state index is 0.200. The van der Waals surface area contributed by atoms with Gasteiger partial charge in [0, 0.05) is 5.41 Å². The van der Waals surface area contributed by atoms with Crippen molar-refractivity contribution in [1.82, 2.24) is 9.61 Å². The van der Waals surface area contributed by atoms with Gasteiger partial charge in [0.1, 0.15) is 11.8 Å². The van der Waals surface area contributed by atoms with Crippen LogP contribution in [0, 0.1) is 16.7 Å². The van der Waals surface area contributed by atoms with Crippen molar-refractivity contribution in [3.05, 3.63) is 30.1 Å². The molecule has 0 spiro atoms. The molecular weight excluding hydrogens is 242 g/mol. The number of ether oxygens (including phenoxy) is 1. The third-order valence-electron chi connectivity index (χ3n) is 4.27. The Kier molecular flexibility index (Phi) is 1.87. The molecular formula is C14H13N3O2. The van der Waals surface area contributed by atoms with Gasteiger partial charge in [-0.15, -0.1) is 0 Å². The van der Waals surface area contributed by atoms with E-state index in [0.29, 0.717) is 12.2 Å². The van der Waals surface area contributed by atoms with E-state index in [1.165, 1.54) is 0 Å². The Morgan fingerprint density at radius 3 is 2.89 bits per heavy atom. The first-order valence-corrected chi connectivity index (χ1v) is 6.34. The fraction of sp³-hybridized carbons (Fsp3) is 0.429. The van der Waals surface area contributed by atoms with Crippen LogP contribution in [0.15, 0.2) is 24.5 Å². The highest BCUT2D eigenvalue weighted by atomic mass is 16.5. The highest BCUT2D eigenvalue weighted by Crippen LogP contribution is 2.67. The quantitative estimate of drug-likeness (QED) is 0.902. The van der Waals surface area contributed by atoms with Crippen LogP contribution in [-0.4, -0.2) is 26.9 Å². The fourth-order valence-electron chi connectivity index (χ4n) is 3.47. The molecule has 5 heteroatoms. The van der Waals surface area contributed by atoms with Crippen molar-refractivity contribution >= 4 is 5.52 Å². The number of rotatable bonds is 3. The predicted molar refractivity (Wildman–Crippen MR) is 66.6 cm³/mol. The molecule has 96 valence electrons. The van der Waals surface area contributed by atoms with Crippen LogP contribution in [0.2, 0.25) is 0 Å². The van der Waals surface area contributed by atoms with Gasteiger partial charge in [-0.3, -0.25) is 0 Å². The van der Waals surface area contributed by atoms with Gasteiger partial charge in [-0.05, 0) is 31.4 Å². The Morgan fingerprint density at radius 2 is 2.21 bits per heavy atom. The lowest BCUT2D eigenvalue weighted by molar-refractivity contribution is -0.269. The molecule has 0 saturated heterocycles. The fourth-order valence-corrected chi connectivity index (χ4v) is 3.47. The third kappa shape index (κ3) is 1.47. The molecule has 2 bridgehead atoms. The van der Waals surface area contributed by atoms with E-state index in [4.69, 9.17) is 10.00 Å². The van der Waals surface area contributed by atoms with Crippen molar-refractivity contribution in [3.63, 3.8) is 0 Å². The van der Waals surface area contributed by atoms with Gasteiger partial charge in [-0.1, -0.05) is 0 Å². The summed E-state index contributed by atoms with van der Waals surface area (Å²) in [5, 5.41) is 22.8. The molecule has 0 radical (unpaired) electrons. The molecule has 5 rings (SSSR count). The Labute approximate surface area is 110 Å². The Hall–Kier alpha value is -2.06. The van der Waals surface area contributed by atoms with E-state index in [9.17, 15) is 5.11 Å². The lowest BCUT2D eigenvalue weighted by Crippen LogP contribution is -2.69. The SMILES string of the molecule is N#Cc1cnn2cc(OCC34CC(O)(C3)C4)ccc12. The number of nitrogens with zero attached hydrogens (tertiary/aromatic N) is 3. The summed E-state index contributed by atoms with van der Waals surface area (Å²) in [5.74, 6) is 0.747. The number of nitriles is 1. The molecule has 2 aromatic heterocycles.